The summed E-state index contributed by atoms with van der Waals surface area (Å²) in [5.74, 6) is 4.97. The van der Waals surface area contributed by atoms with E-state index in [0.717, 1.165) is 67.9 Å². The standard InChI is InChI=1S/C31H56N2O/c1-21(2)9-8-10-22(3)25-11-12-26-29-27(14-16-31(25,26)5)30(4)15-13-24(34)19-23(30)20-28(29)33-18-7-6-17-32/h20-22,24-29,33-34H,6-19,32H2,1-5H3/t22-,24+,25-,26?,27?,28?,29?,30+,31-/m1/s1. The van der Waals surface area contributed by atoms with Crippen molar-refractivity contribution in [2.45, 2.75) is 124 Å². The van der Waals surface area contributed by atoms with Gasteiger partial charge in [0.05, 0.1) is 6.10 Å². The number of nitrogens with one attached hydrogen (secondary N) is 1. The van der Waals surface area contributed by atoms with Gasteiger partial charge in [-0.15, -0.1) is 0 Å². The van der Waals surface area contributed by atoms with E-state index in [-0.39, 0.29) is 6.10 Å². The lowest BCUT2D eigenvalue weighted by atomic mass is 9.46. The van der Waals surface area contributed by atoms with Crippen molar-refractivity contribution >= 4 is 0 Å². The van der Waals surface area contributed by atoms with Crippen LogP contribution in [0.25, 0.3) is 0 Å². The smallest absolute Gasteiger partial charge is 0.0577 e. The minimum Gasteiger partial charge on any atom is -0.393 e. The van der Waals surface area contributed by atoms with Crippen molar-refractivity contribution in [3.63, 3.8) is 0 Å². The molecular weight excluding hydrogens is 416 g/mol. The quantitative estimate of drug-likeness (QED) is 0.245. The molecule has 3 nitrogen and oxygen atoms in total. The summed E-state index contributed by atoms with van der Waals surface area (Å²) in [6.07, 6.45) is 17.7. The van der Waals surface area contributed by atoms with Gasteiger partial charge in [-0.3, -0.25) is 0 Å². The third-order valence-corrected chi connectivity index (χ3v) is 11.3. The Kier molecular flexibility index (Phi) is 8.58. The van der Waals surface area contributed by atoms with Crippen LogP contribution in [0.15, 0.2) is 11.6 Å². The Bertz CT molecular complexity index is 704. The molecule has 0 heterocycles. The summed E-state index contributed by atoms with van der Waals surface area (Å²) in [4.78, 5) is 0. The first kappa shape index (κ1) is 26.7. The van der Waals surface area contributed by atoms with Crippen molar-refractivity contribution in [1.82, 2.24) is 5.32 Å². The van der Waals surface area contributed by atoms with Crippen LogP contribution in [0.4, 0.5) is 0 Å². The molecule has 0 amide bonds. The van der Waals surface area contributed by atoms with E-state index in [9.17, 15) is 5.11 Å². The molecule has 4 N–H and O–H groups in total. The predicted molar refractivity (Wildman–Crippen MR) is 145 cm³/mol. The molecule has 0 aliphatic heterocycles. The third kappa shape index (κ3) is 5.05. The first-order valence-corrected chi connectivity index (χ1v) is 15.0. The zero-order chi connectivity index (χ0) is 24.5. The summed E-state index contributed by atoms with van der Waals surface area (Å²) in [5, 5.41) is 14.5. The largest absolute Gasteiger partial charge is 0.393 e. The van der Waals surface area contributed by atoms with Crippen molar-refractivity contribution < 1.29 is 5.11 Å². The zero-order valence-electron chi connectivity index (χ0n) is 23.1. The lowest BCUT2D eigenvalue weighted by Crippen LogP contribution is -2.58. The van der Waals surface area contributed by atoms with Crippen LogP contribution in [0.2, 0.25) is 0 Å². The Morgan fingerprint density at radius 3 is 2.53 bits per heavy atom. The summed E-state index contributed by atoms with van der Waals surface area (Å²) in [7, 11) is 0. The van der Waals surface area contributed by atoms with Crippen molar-refractivity contribution in [1.29, 1.82) is 0 Å². The van der Waals surface area contributed by atoms with E-state index in [1.54, 1.807) is 5.57 Å². The van der Waals surface area contributed by atoms with E-state index in [1.165, 1.54) is 57.8 Å². The van der Waals surface area contributed by atoms with Gasteiger partial charge in [-0.1, -0.05) is 65.5 Å². The Morgan fingerprint density at radius 1 is 1.00 bits per heavy atom. The molecule has 0 spiro atoms. The first-order chi connectivity index (χ1) is 16.2. The molecule has 3 fully saturated rings. The lowest BCUT2D eigenvalue weighted by molar-refractivity contribution is -0.0675. The van der Waals surface area contributed by atoms with E-state index in [2.05, 4.69) is 46.0 Å². The number of nitrogens with two attached hydrogens (primary N) is 1. The Morgan fingerprint density at radius 2 is 1.79 bits per heavy atom. The highest BCUT2D eigenvalue weighted by atomic mass is 16.3. The van der Waals surface area contributed by atoms with Crippen LogP contribution >= 0.6 is 0 Å². The maximum Gasteiger partial charge on any atom is 0.0577 e. The number of hydrogen-bond acceptors (Lipinski definition) is 3. The van der Waals surface area contributed by atoms with Gasteiger partial charge in [0.15, 0.2) is 0 Å². The highest BCUT2D eigenvalue weighted by Gasteiger charge is 2.61. The second-order valence-electron chi connectivity index (χ2n) is 13.8. The summed E-state index contributed by atoms with van der Waals surface area (Å²) in [5.41, 5.74) is 8.17. The minimum atomic E-state index is -0.134. The van der Waals surface area contributed by atoms with Gasteiger partial charge < -0.3 is 16.2 Å². The topological polar surface area (TPSA) is 58.3 Å². The van der Waals surface area contributed by atoms with Crippen LogP contribution in [-0.2, 0) is 0 Å². The van der Waals surface area contributed by atoms with Crippen molar-refractivity contribution in [2.75, 3.05) is 13.1 Å². The third-order valence-electron chi connectivity index (χ3n) is 11.3. The van der Waals surface area contributed by atoms with Crippen LogP contribution in [0.1, 0.15) is 112 Å². The molecule has 196 valence electrons. The lowest BCUT2D eigenvalue weighted by Gasteiger charge is -2.60. The predicted octanol–water partition coefficient (Wildman–Crippen LogP) is 6.70. The maximum atomic E-state index is 10.5. The molecule has 0 aromatic carbocycles. The summed E-state index contributed by atoms with van der Waals surface area (Å²) in [6.45, 7) is 14.5. The van der Waals surface area contributed by atoms with Gasteiger partial charge >= 0.3 is 0 Å². The fourth-order valence-electron chi connectivity index (χ4n) is 9.42. The minimum absolute atomic E-state index is 0.134. The molecule has 4 aliphatic rings. The molecular formula is C31H56N2O. The average Bonchev–Trinajstić information content (AvgIpc) is 3.14. The fourth-order valence-corrected chi connectivity index (χ4v) is 9.42. The Labute approximate surface area is 211 Å². The summed E-state index contributed by atoms with van der Waals surface area (Å²) in [6, 6.07) is 0.482. The van der Waals surface area contributed by atoms with E-state index in [1.807, 2.05) is 0 Å². The highest BCUT2D eigenvalue weighted by Crippen LogP contribution is 2.67. The van der Waals surface area contributed by atoms with E-state index in [4.69, 9.17) is 5.73 Å². The molecule has 0 saturated heterocycles. The van der Waals surface area contributed by atoms with Crippen molar-refractivity contribution in [2.24, 2.45) is 52.1 Å². The molecule has 0 aromatic heterocycles. The van der Waals surface area contributed by atoms with E-state index >= 15 is 0 Å². The molecule has 0 radical (unpaired) electrons. The number of aliphatic hydroxyl groups excluding tert-OH is 1. The van der Waals surface area contributed by atoms with Crippen LogP contribution in [0.5, 0.6) is 0 Å². The monoisotopic (exact) mass is 472 g/mol. The van der Waals surface area contributed by atoms with Gasteiger partial charge in [-0.2, -0.15) is 0 Å². The van der Waals surface area contributed by atoms with E-state index < -0.39 is 0 Å². The van der Waals surface area contributed by atoms with Gasteiger partial charge in [0.1, 0.15) is 0 Å². The Balaban J connectivity index is 1.56. The van der Waals surface area contributed by atoms with Crippen LogP contribution in [-0.4, -0.2) is 30.3 Å². The first-order valence-electron chi connectivity index (χ1n) is 15.0. The zero-order valence-corrected chi connectivity index (χ0v) is 23.1. The molecule has 4 rings (SSSR count). The Hall–Kier alpha value is -0.380. The molecule has 4 unspecified atom stereocenters. The van der Waals surface area contributed by atoms with Gasteiger partial charge in [0, 0.05) is 6.04 Å². The molecule has 3 saturated carbocycles. The summed E-state index contributed by atoms with van der Waals surface area (Å²) >= 11 is 0. The van der Waals surface area contributed by atoms with Crippen LogP contribution in [0.3, 0.4) is 0 Å². The second kappa shape index (κ2) is 10.9. The van der Waals surface area contributed by atoms with Gasteiger partial charge in [-0.25, -0.2) is 0 Å². The number of unbranched alkanes of at least 4 members (excludes halogenated alkanes) is 1. The molecule has 9 atom stereocenters. The average molecular weight is 473 g/mol. The number of rotatable bonds is 10. The number of hydrogen-bond donors (Lipinski definition) is 3. The maximum absolute atomic E-state index is 10.5. The second-order valence-corrected chi connectivity index (χ2v) is 13.8. The van der Waals surface area contributed by atoms with Crippen LogP contribution < -0.4 is 11.1 Å². The SMILES string of the molecule is CC(C)CCC[C@@H](C)[C@H]1CCC2C3C(NCCCCN)C=C4C[C@@H](O)CC[C@]4(C)C3CC[C@@]21C. The normalized spacial score (nSPS) is 42.6. The van der Waals surface area contributed by atoms with Gasteiger partial charge in [0.25, 0.3) is 0 Å². The van der Waals surface area contributed by atoms with E-state index in [0.29, 0.717) is 16.9 Å². The van der Waals surface area contributed by atoms with Gasteiger partial charge in [-0.05, 0) is 117 Å². The molecule has 0 aromatic rings. The number of fused-ring (bicyclic) bond motifs is 5. The number of aliphatic hydroxyl groups is 1. The molecule has 34 heavy (non-hydrogen) atoms. The van der Waals surface area contributed by atoms with Crippen molar-refractivity contribution in [3.05, 3.63) is 11.6 Å². The van der Waals surface area contributed by atoms with Crippen molar-refractivity contribution in [3.8, 4) is 0 Å². The molecule has 4 aliphatic carbocycles. The van der Waals surface area contributed by atoms with Crippen LogP contribution in [0, 0.1) is 46.3 Å². The molecule has 0 bridgehead atoms. The summed E-state index contributed by atoms with van der Waals surface area (Å²) < 4.78 is 0. The highest BCUT2D eigenvalue weighted by molar-refractivity contribution is 5.29. The van der Waals surface area contributed by atoms with Gasteiger partial charge in [0.2, 0.25) is 0 Å². The fraction of sp³-hybridized carbons (Fsp3) is 0.935. The molecule has 3 heteroatoms.